The molecule has 1 aromatic carbocycles. The van der Waals surface area contributed by atoms with E-state index in [1.165, 1.54) is 12.1 Å². The van der Waals surface area contributed by atoms with Crippen molar-refractivity contribution in [3.8, 4) is 11.5 Å². The predicted molar refractivity (Wildman–Crippen MR) is 186 cm³/mol. The molecule has 0 aromatic heterocycles. The first-order valence-electron chi connectivity index (χ1n) is 14.4. The second kappa shape index (κ2) is 14.3. The zero-order valence-electron chi connectivity index (χ0n) is 27.7. The Morgan fingerprint density at radius 3 is 1.50 bits per heavy atom. The summed E-state index contributed by atoms with van der Waals surface area (Å²) in [5, 5.41) is 24.5. The number of aromatic hydroxyl groups is 2. The van der Waals surface area contributed by atoms with Gasteiger partial charge in [0, 0.05) is 24.9 Å². The van der Waals surface area contributed by atoms with Crippen LogP contribution >= 0.6 is 0 Å². The van der Waals surface area contributed by atoms with E-state index in [1.807, 2.05) is 0 Å². The average molecular weight is 663 g/mol. The van der Waals surface area contributed by atoms with E-state index < -0.39 is 50.4 Å². The Kier molecular flexibility index (Phi) is 13.4. The number of anilines is 1. The number of rotatable bonds is 17. The third kappa shape index (κ3) is 16.2. The normalized spacial score (nSPS) is 14.2. The van der Waals surface area contributed by atoms with Gasteiger partial charge in [-0.2, -0.15) is 0 Å². The second-order valence-corrected chi connectivity index (χ2v) is 40.6. The van der Waals surface area contributed by atoms with Crippen LogP contribution in [0.5, 0.6) is 11.5 Å². The van der Waals surface area contributed by atoms with Crippen LogP contribution < -0.4 is 5.32 Å². The highest BCUT2D eigenvalue weighted by Gasteiger charge is 2.40. The molecule has 0 radical (unpaired) electrons. The molecule has 1 aromatic rings. The highest BCUT2D eigenvalue weighted by molar-refractivity contribution is 6.88. The number of hydrogen-bond donors (Lipinski definition) is 3. The number of phenolic OH excluding ortho intramolecular Hbond substituents is 2. The largest absolute Gasteiger partial charge is 0.506 e. The molecule has 1 rings (SSSR count). The van der Waals surface area contributed by atoms with Crippen LogP contribution in [0.3, 0.4) is 0 Å². The van der Waals surface area contributed by atoms with Crippen molar-refractivity contribution < 1.29 is 26.7 Å². The monoisotopic (exact) mass is 662 g/mol. The fourth-order valence-electron chi connectivity index (χ4n) is 4.77. The zero-order valence-corrected chi connectivity index (χ0v) is 33.7. The van der Waals surface area contributed by atoms with Crippen LogP contribution in [0, 0.1) is 0 Å². The second-order valence-electron chi connectivity index (χ2n) is 14.9. The molecular formula is C26H58N2O6Si6. The molecule has 0 spiro atoms. The Morgan fingerprint density at radius 2 is 1.07 bits per heavy atom. The number of nitrogens with one attached hydrogen (secondary N) is 1. The van der Waals surface area contributed by atoms with Gasteiger partial charge in [-0.05, 0) is 117 Å². The Hall–Kier alpha value is -0.569. The lowest BCUT2D eigenvalue weighted by atomic mass is 10.2. The molecule has 0 bridgehead atoms. The van der Waals surface area contributed by atoms with Crippen LogP contribution in [-0.2, 0) is 16.5 Å². The molecule has 0 amide bonds. The predicted octanol–water partition coefficient (Wildman–Crippen LogP) is 8.54. The van der Waals surface area contributed by atoms with E-state index in [0.717, 1.165) is 18.5 Å². The van der Waals surface area contributed by atoms with Crippen LogP contribution in [0.25, 0.3) is 0 Å². The highest BCUT2D eigenvalue weighted by Crippen LogP contribution is 2.37. The summed E-state index contributed by atoms with van der Waals surface area (Å²) >= 11 is 0. The number of phenols is 2. The topological polar surface area (TPSA) is 102 Å². The summed E-state index contributed by atoms with van der Waals surface area (Å²) < 4.78 is 26.2. The minimum atomic E-state index is -2.35. The van der Waals surface area contributed by atoms with Gasteiger partial charge in [0.15, 0.2) is 33.3 Å². The minimum absolute atomic E-state index is 0.0246. The standard InChI is InChI=1S/C26H58N2O6Si6/c1-35(2,3)31-39(13,32-36(4,5)6)19-15-17-27-23-21-26(30)24(22-25(23)29)28-18-16-20-40(14,33-37(7,8)9)34-38(10,11)12/h17,21-22,28-30H,15-16,18-20H2,1-14H3. The van der Waals surface area contributed by atoms with Gasteiger partial charge < -0.3 is 32.0 Å². The number of aliphatic imine (C=N–C) groups is 1. The van der Waals surface area contributed by atoms with Gasteiger partial charge in [0.2, 0.25) is 0 Å². The molecule has 0 atom stereocenters. The van der Waals surface area contributed by atoms with Crippen LogP contribution in [-0.4, -0.2) is 73.4 Å². The lowest BCUT2D eigenvalue weighted by molar-refractivity contribution is 0.381. The summed E-state index contributed by atoms with van der Waals surface area (Å²) in [7, 11) is -11.7. The van der Waals surface area contributed by atoms with Gasteiger partial charge in [0.25, 0.3) is 0 Å². The van der Waals surface area contributed by atoms with E-state index >= 15 is 0 Å². The maximum absolute atomic E-state index is 10.6. The van der Waals surface area contributed by atoms with E-state index in [2.05, 4.69) is 102 Å². The SMILES string of the molecule is C[Si](C)(C)O[Si](C)(CCC=Nc1cc(O)c(NCCC[Si](C)(O[Si](C)(C)C)O[Si](C)(C)C)cc1O)O[Si](C)(C)C. The van der Waals surface area contributed by atoms with Crippen molar-refractivity contribution in [1.29, 1.82) is 0 Å². The molecule has 40 heavy (non-hydrogen) atoms. The molecule has 0 unspecified atom stereocenters. The van der Waals surface area contributed by atoms with E-state index in [0.29, 0.717) is 24.3 Å². The van der Waals surface area contributed by atoms with Gasteiger partial charge in [-0.25, -0.2) is 0 Å². The summed E-state index contributed by atoms with van der Waals surface area (Å²) in [4.78, 5) is 4.45. The zero-order chi connectivity index (χ0) is 31.2. The first-order chi connectivity index (χ1) is 17.8. The van der Waals surface area contributed by atoms with Crippen molar-refractivity contribution in [2.45, 2.75) is 117 Å². The van der Waals surface area contributed by atoms with Crippen molar-refractivity contribution in [3.05, 3.63) is 12.1 Å². The Morgan fingerprint density at radius 1 is 0.650 bits per heavy atom. The van der Waals surface area contributed by atoms with Crippen molar-refractivity contribution in [2.24, 2.45) is 4.99 Å². The van der Waals surface area contributed by atoms with Gasteiger partial charge in [-0.15, -0.1) is 0 Å². The lowest BCUT2D eigenvalue weighted by Gasteiger charge is -2.38. The number of nitrogens with zero attached hydrogens (tertiary/aromatic N) is 1. The molecule has 0 saturated carbocycles. The quantitative estimate of drug-likeness (QED) is 0.0505. The summed E-state index contributed by atoms with van der Waals surface area (Å²) in [5.74, 6) is 0.0848. The average Bonchev–Trinajstić information content (AvgIpc) is 2.65. The lowest BCUT2D eigenvalue weighted by Crippen LogP contribution is -2.52. The highest BCUT2D eigenvalue weighted by atomic mass is 28.5. The van der Waals surface area contributed by atoms with Gasteiger partial charge in [0.1, 0.15) is 17.2 Å². The summed E-state index contributed by atoms with van der Waals surface area (Å²) in [6, 6.07) is 4.71. The number of benzene rings is 1. The molecule has 3 N–H and O–H groups in total. The summed E-state index contributed by atoms with van der Waals surface area (Å²) in [6.07, 6.45) is 3.31. The van der Waals surface area contributed by atoms with E-state index in [9.17, 15) is 10.2 Å². The Bertz CT molecular complexity index is 952. The van der Waals surface area contributed by atoms with Crippen molar-refractivity contribution in [2.75, 3.05) is 11.9 Å². The molecule has 0 aliphatic carbocycles. The van der Waals surface area contributed by atoms with E-state index in [-0.39, 0.29) is 11.5 Å². The Balaban J connectivity index is 2.82. The smallest absolute Gasteiger partial charge is 0.314 e. The number of hydrogen-bond acceptors (Lipinski definition) is 8. The van der Waals surface area contributed by atoms with Crippen molar-refractivity contribution in [3.63, 3.8) is 0 Å². The maximum atomic E-state index is 10.6. The van der Waals surface area contributed by atoms with Crippen LogP contribution in [0.15, 0.2) is 17.1 Å². The molecule has 0 fully saturated rings. The van der Waals surface area contributed by atoms with E-state index in [1.54, 1.807) is 6.21 Å². The minimum Gasteiger partial charge on any atom is -0.506 e. The van der Waals surface area contributed by atoms with E-state index in [4.69, 9.17) is 16.5 Å². The molecule has 14 heteroatoms. The fraction of sp³-hybridized carbons (Fsp3) is 0.731. The van der Waals surface area contributed by atoms with Crippen LogP contribution in [0.2, 0.25) is 104 Å². The molecule has 232 valence electrons. The summed E-state index contributed by atoms with van der Waals surface area (Å²) in [5.41, 5.74) is 0.833. The van der Waals surface area contributed by atoms with Crippen molar-refractivity contribution in [1.82, 2.24) is 0 Å². The molecule has 8 nitrogen and oxygen atoms in total. The molecule has 0 aliphatic heterocycles. The Labute approximate surface area is 250 Å². The maximum Gasteiger partial charge on any atom is 0.314 e. The van der Waals surface area contributed by atoms with Crippen molar-refractivity contribution >= 4 is 68.0 Å². The van der Waals surface area contributed by atoms with Crippen LogP contribution in [0.1, 0.15) is 12.8 Å². The fourth-order valence-corrected chi connectivity index (χ4v) is 29.7. The molecular weight excluding hydrogens is 605 g/mol. The van der Waals surface area contributed by atoms with Crippen LogP contribution in [0.4, 0.5) is 11.4 Å². The molecule has 0 aliphatic rings. The third-order valence-corrected chi connectivity index (χ3v) is 24.4. The molecule has 0 saturated heterocycles. The van der Waals surface area contributed by atoms with Gasteiger partial charge in [0.05, 0.1) is 5.69 Å². The summed E-state index contributed by atoms with van der Waals surface area (Å²) in [6.45, 7) is 31.4. The third-order valence-electron chi connectivity index (χ3n) is 5.26. The van der Waals surface area contributed by atoms with Gasteiger partial charge in [-0.3, -0.25) is 4.99 Å². The first kappa shape index (κ1) is 37.5. The van der Waals surface area contributed by atoms with Gasteiger partial charge in [-0.1, -0.05) is 0 Å². The first-order valence-corrected chi connectivity index (χ1v) is 33.1. The molecule has 0 heterocycles. The van der Waals surface area contributed by atoms with Gasteiger partial charge >= 0.3 is 17.1 Å².